The molecule has 3 aromatic rings. The summed E-state index contributed by atoms with van der Waals surface area (Å²) in [6.45, 7) is 1.86. The van der Waals surface area contributed by atoms with E-state index in [1.165, 1.54) is 6.07 Å². The maximum absolute atomic E-state index is 12.3. The number of carbonyl (C=O) groups is 2. The van der Waals surface area contributed by atoms with Gasteiger partial charge in [0.15, 0.2) is 11.2 Å². The number of carboxylic acid groups (broad SMARTS) is 2. The van der Waals surface area contributed by atoms with Gasteiger partial charge in [-0.25, -0.2) is 4.98 Å². The second-order valence-electron chi connectivity index (χ2n) is 5.42. The highest BCUT2D eigenvalue weighted by atomic mass is 35.5. The van der Waals surface area contributed by atoms with E-state index in [1.54, 1.807) is 0 Å². The number of hydrogen-bond acceptors (Lipinski definition) is 7. The lowest BCUT2D eigenvalue weighted by Crippen LogP contribution is -2.24. The Bertz CT molecular complexity index is 1100. The standard InChI is InChI=1S/C17H12ClNO6/c1-2-3-7-14-8(10(18)5-11(19-14)16(21)22)4-9-12(20)6-13(17(23)24)25-15(7)9/h4-6H,2-3H2,1H3,(H,21,22)(H,23,24)/p-2. The van der Waals surface area contributed by atoms with Crippen molar-refractivity contribution >= 4 is 45.4 Å². The number of aromatic nitrogens is 1. The molecule has 0 aliphatic heterocycles. The summed E-state index contributed by atoms with van der Waals surface area (Å²) < 4.78 is 5.33. The summed E-state index contributed by atoms with van der Waals surface area (Å²) >= 11 is 6.14. The molecular formula is C17H10ClNO6-2. The minimum atomic E-state index is -1.63. The first-order valence-corrected chi connectivity index (χ1v) is 7.74. The molecule has 0 saturated carbocycles. The predicted molar refractivity (Wildman–Crippen MR) is 85.5 cm³/mol. The molecule has 2 aromatic heterocycles. The van der Waals surface area contributed by atoms with Crippen LogP contribution in [0.3, 0.4) is 0 Å². The van der Waals surface area contributed by atoms with Crippen LogP contribution in [0.5, 0.6) is 0 Å². The smallest absolute Gasteiger partial charge is 0.193 e. The molecule has 0 amide bonds. The molecule has 0 saturated heterocycles. The van der Waals surface area contributed by atoms with Crippen LogP contribution in [0.4, 0.5) is 0 Å². The van der Waals surface area contributed by atoms with Crippen LogP contribution >= 0.6 is 11.6 Å². The molecule has 0 N–H and O–H groups in total. The summed E-state index contributed by atoms with van der Waals surface area (Å²) in [6.07, 6.45) is 0.982. The number of benzene rings is 1. The van der Waals surface area contributed by atoms with Crippen LogP contribution in [0, 0.1) is 0 Å². The molecule has 128 valence electrons. The van der Waals surface area contributed by atoms with Gasteiger partial charge in [-0.05, 0) is 18.6 Å². The average molecular weight is 360 g/mol. The fourth-order valence-corrected chi connectivity index (χ4v) is 2.94. The Morgan fingerprint density at radius 2 is 1.88 bits per heavy atom. The zero-order valence-corrected chi connectivity index (χ0v) is 13.7. The van der Waals surface area contributed by atoms with E-state index >= 15 is 0 Å². The maximum atomic E-state index is 12.3. The van der Waals surface area contributed by atoms with Crippen LogP contribution in [-0.2, 0) is 6.42 Å². The molecule has 7 nitrogen and oxygen atoms in total. The lowest BCUT2D eigenvalue weighted by atomic mass is 10.0. The Labute approximate surface area is 145 Å². The quantitative estimate of drug-likeness (QED) is 0.627. The van der Waals surface area contributed by atoms with Gasteiger partial charge in [0.25, 0.3) is 0 Å². The van der Waals surface area contributed by atoms with E-state index < -0.39 is 23.1 Å². The first kappa shape index (κ1) is 16.9. The van der Waals surface area contributed by atoms with Gasteiger partial charge in [-0.1, -0.05) is 24.9 Å². The highest BCUT2D eigenvalue weighted by Gasteiger charge is 2.17. The monoisotopic (exact) mass is 359 g/mol. The van der Waals surface area contributed by atoms with Crippen molar-refractivity contribution in [2.75, 3.05) is 0 Å². The topological polar surface area (TPSA) is 123 Å². The van der Waals surface area contributed by atoms with Crippen LogP contribution in [0.25, 0.3) is 21.9 Å². The van der Waals surface area contributed by atoms with Crippen LogP contribution in [0.2, 0.25) is 5.02 Å². The van der Waals surface area contributed by atoms with Gasteiger partial charge in [-0.2, -0.15) is 0 Å². The second kappa shape index (κ2) is 6.18. The van der Waals surface area contributed by atoms with Gasteiger partial charge in [0.05, 0.1) is 27.6 Å². The highest BCUT2D eigenvalue weighted by molar-refractivity contribution is 6.36. The van der Waals surface area contributed by atoms with E-state index in [4.69, 9.17) is 16.0 Å². The van der Waals surface area contributed by atoms with Crippen molar-refractivity contribution in [2.24, 2.45) is 0 Å². The molecule has 8 heteroatoms. The predicted octanol–water partition coefficient (Wildman–Crippen LogP) is 0.674. The third-order valence-electron chi connectivity index (χ3n) is 3.75. The van der Waals surface area contributed by atoms with Crippen molar-refractivity contribution in [3.63, 3.8) is 0 Å². The van der Waals surface area contributed by atoms with E-state index in [2.05, 4.69) is 4.98 Å². The number of fused-ring (bicyclic) bond motifs is 2. The zero-order valence-electron chi connectivity index (χ0n) is 12.9. The average Bonchev–Trinajstić information content (AvgIpc) is 2.55. The molecule has 0 fully saturated rings. The normalized spacial score (nSPS) is 11.1. The summed E-state index contributed by atoms with van der Waals surface area (Å²) in [5.74, 6) is -3.75. The maximum Gasteiger partial charge on any atom is 0.193 e. The summed E-state index contributed by atoms with van der Waals surface area (Å²) in [6, 6.07) is 3.37. The van der Waals surface area contributed by atoms with Crippen molar-refractivity contribution < 1.29 is 24.2 Å². The van der Waals surface area contributed by atoms with E-state index in [9.17, 15) is 24.6 Å². The summed E-state index contributed by atoms with van der Waals surface area (Å²) in [7, 11) is 0. The molecule has 0 atom stereocenters. The van der Waals surface area contributed by atoms with Crippen LogP contribution in [0.1, 0.15) is 40.0 Å². The molecule has 3 rings (SSSR count). The van der Waals surface area contributed by atoms with Gasteiger partial charge in [0, 0.05) is 17.0 Å². The molecular weight excluding hydrogens is 350 g/mol. The van der Waals surface area contributed by atoms with E-state index in [0.717, 1.165) is 12.1 Å². The summed E-state index contributed by atoms with van der Waals surface area (Å²) in [5, 5.41) is 22.8. The lowest BCUT2D eigenvalue weighted by molar-refractivity contribution is -0.257. The van der Waals surface area contributed by atoms with Crippen molar-refractivity contribution in [1.29, 1.82) is 0 Å². The van der Waals surface area contributed by atoms with Crippen LogP contribution in [0.15, 0.2) is 27.4 Å². The molecule has 2 heterocycles. The van der Waals surface area contributed by atoms with E-state index in [-0.39, 0.29) is 27.2 Å². The Morgan fingerprint density at radius 3 is 2.48 bits per heavy atom. The number of aryl methyl sites for hydroxylation is 1. The number of pyridine rings is 1. The van der Waals surface area contributed by atoms with Crippen LogP contribution < -0.4 is 15.6 Å². The van der Waals surface area contributed by atoms with Gasteiger partial charge in [0.1, 0.15) is 11.6 Å². The van der Waals surface area contributed by atoms with Crippen molar-refractivity contribution in [3.05, 3.63) is 50.5 Å². The minimum Gasteiger partial charge on any atom is -0.543 e. The number of hydrogen-bond donors (Lipinski definition) is 0. The Kier molecular flexibility index (Phi) is 4.18. The van der Waals surface area contributed by atoms with E-state index in [0.29, 0.717) is 23.8 Å². The van der Waals surface area contributed by atoms with Crippen molar-refractivity contribution in [3.8, 4) is 0 Å². The molecule has 0 unspecified atom stereocenters. The molecule has 0 aliphatic carbocycles. The van der Waals surface area contributed by atoms with Gasteiger partial charge in [-0.15, -0.1) is 0 Å². The minimum absolute atomic E-state index is 0.0279. The van der Waals surface area contributed by atoms with Gasteiger partial charge < -0.3 is 24.2 Å². The Hall–Kier alpha value is -2.93. The Balaban J connectivity index is 2.55. The zero-order chi connectivity index (χ0) is 18.3. The van der Waals surface area contributed by atoms with Gasteiger partial charge >= 0.3 is 0 Å². The second-order valence-corrected chi connectivity index (χ2v) is 5.82. The third kappa shape index (κ3) is 2.83. The third-order valence-corrected chi connectivity index (χ3v) is 4.06. The fourth-order valence-electron chi connectivity index (χ4n) is 2.69. The fraction of sp³-hybridized carbons (Fsp3) is 0.176. The highest BCUT2D eigenvalue weighted by Crippen LogP contribution is 2.32. The number of rotatable bonds is 4. The largest absolute Gasteiger partial charge is 0.543 e. The summed E-state index contributed by atoms with van der Waals surface area (Å²) in [5.41, 5.74) is -0.285. The Morgan fingerprint density at radius 1 is 1.16 bits per heavy atom. The number of carbonyl (C=O) groups excluding carboxylic acids is 2. The van der Waals surface area contributed by atoms with Crippen LogP contribution in [-0.4, -0.2) is 16.9 Å². The molecule has 0 bridgehead atoms. The van der Waals surface area contributed by atoms with E-state index in [1.807, 2.05) is 6.92 Å². The number of carboxylic acids is 2. The van der Waals surface area contributed by atoms with Gasteiger partial charge in [0.2, 0.25) is 0 Å². The number of nitrogens with zero attached hydrogens (tertiary/aromatic N) is 1. The van der Waals surface area contributed by atoms with Crippen molar-refractivity contribution in [1.82, 2.24) is 4.98 Å². The molecule has 25 heavy (non-hydrogen) atoms. The molecule has 0 aliphatic rings. The first-order chi connectivity index (χ1) is 11.8. The molecule has 0 spiro atoms. The number of halogens is 1. The van der Waals surface area contributed by atoms with Crippen molar-refractivity contribution in [2.45, 2.75) is 19.8 Å². The number of aromatic carboxylic acids is 2. The first-order valence-electron chi connectivity index (χ1n) is 7.36. The summed E-state index contributed by atoms with van der Waals surface area (Å²) in [4.78, 5) is 38.5. The van der Waals surface area contributed by atoms with Gasteiger partial charge in [-0.3, -0.25) is 4.79 Å². The molecule has 0 radical (unpaired) electrons. The molecule has 1 aromatic carbocycles. The SMILES string of the molecule is CCCc1c2nc(C(=O)[O-])cc(Cl)c2cc2c(=O)cc(C(=O)[O-])oc12. The lowest BCUT2D eigenvalue weighted by Gasteiger charge is -2.13.